The lowest BCUT2D eigenvalue weighted by Crippen LogP contribution is -2.21. The summed E-state index contributed by atoms with van der Waals surface area (Å²) in [7, 11) is -3.00. The summed E-state index contributed by atoms with van der Waals surface area (Å²) in [5.41, 5.74) is 2.72. The normalized spacial score (nSPS) is 20.1. The number of hydrogen-bond donors (Lipinski definition) is 1. The highest BCUT2D eigenvalue weighted by atomic mass is 32.2. The fourth-order valence-corrected chi connectivity index (χ4v) is 4.10. The molecule has 2 rings (SSSR count). The van der Waals surface area contributed by atoms with Gasteiger partial charge in [0.15, 0.2) is 9.84 Å². The van der Waals surface area contributed by atoms with Gasteiger partial charge in [-0.05, 0) is 12.3 Å². The van der Waals surface area contributed by atoms with E-state index >= 15 is 0 Å². The van der Waals surface area contributed by atoms with Crippen LogP contribution in [0, 0.1) is 16.0 Å². The number of rotatable bonds is 5. The molecular formula is C13H15N3O5S. The van der Waals surface area contributed by atoms with Crippen LogP contribution in [0.3, 0.4) is 0 Å². The molecule has 1 aliphatic rings. The number of carbonyl (C=O) groups is 1. The van der Waals surface area contributed by atoms with Crippen molar-refractivity contribution >= 4 is 27.6 Å². The van der Waals surface area contributed by atoms with Crippen LogP contribution in [-0.4, -0.2) is 37.0 Å². The van der Waals surface area contributed by atoms with E-state index in [-0.39, 0.29) is 35.4 Å². The second-order valence-corrected chi connectivity index (χ2v) is 7.35. The van der Waals surface area contributed by atoms with Crippen LogP contribution in [0.2, 0.25) is 0 Å². The van der Waals surface area contributed by atoms with Gasteiger partial charge in [0.25, 0.3) is 5.69 Å². The van der Waals surface area contributed by atoms with Crippen LogP contribution in [0.25, 0.3) is 0 Å². The van der Waals surface area contributed by atoms with Crippen LogP contribution in [0.15, 0.2) is 29.4 Å². The predicted molar refractivity (Wildman–Crippen MR) is 80.2 cm³/mol. The summed E-state index contributed by atoms with van der Waals surface area (Å²) >= 11 is 0. The van der Waals surface area contributed by atoms with Crippen molar-refractivity contribution in [3.05, 3.63) is 39.9 Å². The molecule has 0 bridgehead atoms. The fourth-order valence-electron chi connectivity index (χ4n) is 2.24. The summed E-state index contributed by atoms with van der Waals surface area (Å²) in [6, 6.07) is 5.83. The molecule has 1 heterocycles. The van der Waals surface area contributed by atoms with Crippen LogP contribution in [-0.2, 0) is 14.6 Å². The molecule has 0 radical (unpaired) electrons. The number of hydrogen-bond acceptors (Lipinski definition) is 6. The van der Waals surface area contributed by atoms with E-state index in [9.17, 15) is 23.3 Å². The number of benzene rings is 1. The zero-order valence-corrected chi connectivity index (χ0v) is 12.5. The van der Waals surface area contributed by atoms with E-state index in [4.69, 9.17) is 0 Å². The Labute approximate surface area is 127 Å². The molecule has 0 unspecified atom stereocenters. The largest absolute Gasteiger partial charge is 0.273 e. The van der Waals surface area contributed by atoms with E-state index in [0.29, 0.717) is 12.0 Å². The van der Waals surface area contributed by atoms with Crippen molar-refractivity contribution in [3.8, 4) is 0 Å². The average Bonchev–Trinajstić information content (AvgIpc) is 2.78. The zero-order valence-electron chi connectivity index (χ0n) is 11.6. The molecule has 9 heteroatoms. The maximum atomic E-state index is 11.6. The summed E-state index contributed by atoms with van der Waals surface area (Å²) < 4.78 is 22.6. The van der Waals surface area contributed by atoms with E-state index in [1.54, 1.807) is 6.07 Å². The zero-order chi connectivity index (χ0) is 16.2. The minimum absolute atomic E-state index is 0.0367. The Balaban J connectivity index is 1.86. The number of nitrogens with one attached hydrogen (secondary N) is 1. The number of nitro benzene ring substituents is 1. The average molecular weight is 325 g/mol. The number of sulfone groups is 1. The minimum Gasteiger partial charge on any atom is -0.273 e. The molecule has 118 valence electrons. The van der Waals surface area contributed by atoms with Gasteiger partial charge in [0.2, 0.25) is 5.91 Å². The van der Waals surface area contributed by atoms with Gasteiger partial charge in [-0.2, -0.15) is 5.10 Å². The molecule has 1 aromatic rings. The quantitative estimate of drug-likeness (QED) is 0.489. The Morgan fingerprint density at radius 3 is 2.91 bits per heavy atom. The molecule has 1 N–H and O–H groups in total. The van der Waals surface area contributed by atoms with Gasteiger partial charge < -0.3 is 0 Å². The third kappa shape index (κ3) is 4.62. The summed E-state index contributed by atoms with van der Waals surface area (Å²) in [4.78, 5) is 21.8. The van der Waals surface area contributed by atoms with E-state index in [0.717, 1.165) is 0 Å². The van der Waals surface area contributed by atoms with Crippen molar-refractivity contribution in [2.24, 2.45) is 11.0 Å². The number of amides is 1. The lowest BCUT2D eigenvalue weighted by Gasteiger charge is -2.05. The van der Waals surface area contributed by atoms with Crippen molar-refractivity contribution in [1.29, 1.82) is 0 Å². The highest BCUT2D eigenvalue weighted by Gasteiger charge is 2.29. The molecule has 1 saturated heterocycles. The monoisotopic (exact) mass is 325 g/mol. The van der Waals surface area contributed by atoms with Crippen LogP contribution in [0.1, 0.15) is 18.4 Å². The SMILES string of the molecule is O=C(C[C@H]1CCS(=O)(=O)C1)NN=Cc1cccc([N+](=O)[O-])c1. The molecule has 8 nitrogen and oxygen atoms in total. The van der Waals surface area contributed by atoms with Crippen molar-refractivity contribution in [3.63, 3.8) is 0 Å². The first-order valence-corrected chi connectivity index (χ1v) is 8.45. The Bertz CT molecular complexity index is 714. The molecule has 0 saturated carbocycles. The number of nitrogens with zero attached hydrogens (tertiary/aromatic N) is 2. The lowest BCUT2D eigenvalue weighted by atomic mass is 10.1. The van der Waals surface area contributed by atoms with E-state index < -0.39 is 14.8 Å². The molecule has 0 spiro atoms. The first-order chi connectivity index (χ1) is 10.4. The highest BCUT2D eigenvalue weighted by Crippen LogP contribution is 2.21. The number of non-ortho nitro benzene ring substituents is 1. The Morgan fingerprint density at radius 2 is 2.27 bits per heavy atom. The van der Waals surface area contributed by atoms with Crippen LogP contribution >= 0.6 is 0 Å². The molecule has 22 heavy (non-hydrogen) atoms. The van der Waals surface area contributed by atoms with Gasteiger partial charge in [-0.1, -0.05) is 12.1 Å². The second kappa shape index (κ2) is 6.65. The molecular weight excluding hydrogens is 310 g/mol. The van der Waals surface area contributed by atoms with Crippen LogP contribution < -0.4 is 5.43 Å². The number of hydrazone groups is 1. The van der Waals surface area contributed by atoms with Crippen LogP contribution in [0.5, 0.6) is 0 Å². The maximum absolute atomic E-state index is 11.6. The van der Waals surface area contributed by atoms with Crippen LogP contribution in [0.4, 0.5) is 5.69 Å². The summed E-state index contributed by atoms with van der Waals surface area (Å²) in [6.07, 6.45) is 1.89. The third-order valence-electron chi connectivity index (χ3n) is 3.28. The smallest absolute Gasteiger partial charge is 0.270 e. The first kappa shape index (κ1) is 16.1. The number of carbonyl (C=O) groups excluding carboxylic acids is 1. The summed E-state index contributed by atoms with van der Waals surface area (Å²) in [5, 5.41) is 14.3. The van der Waals surface area contributed by atoms with Crippen molar-refractivity contribution in [2.45, 2.75) is 12.8 Å². The maximum Gasteiger partial charge on any atom is 0.270 e. The van der Waals surface area contributed by atoms with Gasteiger partial charge in [-0.15, -0.1) is 0 Å². The highest BCUT2D eigenvalue weighted by molar-refractivity contribution is 7.91. The summed E-state index contributed by atoms with van der Waals surface area (Å²) in [5.74, 6) is -0.376. The standard InChI is InChI=1S/C13H15N3O5S/c17-13(7-11-4-5-22(20,21)9-11)15-14-8-10-2-1-3-12(6-10)16(18)19/h1-3,6,8,11H,4-5,7,9H2,(H,15,17)/t11-/m1/s1. The van der Waals surface area contributed by atoms with Gasteiger partial charge in [0, 0.05) is 24.1 Å². The molecule has 1 atom stereocenters. The van der Waals surface area contributed by atoms with E-state index in [2.05, 4.69) is 10.5 Å². The number of nitro groups is 1. The van der Waals surface area contributed by atoms with Gasteiger partial charge >= 0.3 is 0 Å². The van der Waals surface area contributed by atoms with Gasteiger partial charge in [0.1, 0.15) is 0 Å². The van der Waals surface area contributed by atoms with E-state index in [1.165, 1.54) is 24.4 Å². The van der Waals surface area contributed by atoms with E-state index in [1.807, 2.05) is 0 Å². The molecule has 0 aliphatic carbocycles. The predicted octanol–water partition coefficient (Wildman–Crippen LogP) is 0.870. The van der Waals surface area contributed by atoms with Crippen molar-refractivity contribution < 1.29 is 18.1 Å². The van der Waals surface area contributed by atoms with Crippen molar-refractivity contribution in [1.82, 2.24) is 5.43 Å². The summed E-state index contributed by atoms with van der Waals surface area (Å²) in [6.45, 7) is 0. The lowest BCUT2D eigenvalue weighted by molar-refractivity contribution is -0.384. The van der Waals surface area contributed by atoms with Gasteiger partial charge in [0.05, 0.1) is 22.6 Å². The Kier molecular flexibility index (Phi) is 4.86. The first-order valence-electron chi connectivity index (χ1n) is 6.62. The van der Waals surface area contributed by atoms with Gasteiger partial charge in [-0.25, -0.2) is 13.8 Å². The molecule has 0 aromatic heterocycles. The second-order valence-electron chi connectivity index (χ2n) is 5.12. The van der Waals surface area contributed by atoms with Crippen molar-refractivity contribution in [2.75, 3.05) is 11.5 Å². The molecule has 1 fully saturated rings. The minimum atomic E-state index is -3.00. The van der Waals surface area contributed by atoms with Gasteiger partial charge in [-0.3, -0.25) is 14.9 Å². The fraction of sp³-hybridized carbons (Fsp3) is 0.385. The molecule has 1 amide bonds. The Morgan fingerprint density at radius 1 is 1.50 bits per heavy atom. The topological polar surface area (TPSA) is 119 Å². The molecule has 1 aliphatic heterocycles. The molecule has 1 aromatic carbocycles. The Hall–Kier alpha value is -2.29. The third-order valence-corrected chi connectivity index (χ3v) is 5.12.